The van der Waals surface area contributed by atoms with E-state index < -0.39 is 0 Å². The molecule has 0 bridgehead atoms. The van der Waals surface area contributed by atoms with Crippen molar-refractivity contribution in [3.05, 3.63) is 82.0 Å². The molecule has 0 saturated carbocycles. The van der Waals surface area contributed by atoms with Gasteiger partial charge in [-0.25, -0.2) is 4.52 Å². The smallest absolute Gasteiger partial charge is 0.277 e. The number of fused-ring (bicyclic) bond motifs is 1. The Labute approximate surface area is 169 Å². The first kappa shape index (κ1) is 17.6. The molecule has 0 fully saturated rings. The third-order valence-corrected chi connectivity index (χ3v) is 5.66. The molecule has 0 spiro atoms. The number of nitrogens with zero attached hydrogens (tertiary/aromatic N) is 5. The predicted octanol–water partition coefficient (Wildman–Crippen LogP) is 3.89. The Balaban J connectivity index is 1.43. The Morgan fingerprint density at radius 2 is 2.00 bits per heavy atom. The number of aryl methyl sites for hydroxylation is 1. The lowest BCUT2D eigenvalue weighted by Crippen LogP contribution is -2.21. The van der Waals surface area contributed by atoms with Crippen molar-refractivity contribution in [3.63, 3.8) is 0 Å². The number of aromatic nitrogens is 5. The van der Waals surface area contributed by atoms with Gasteiger partial charge < -0.3 is 9.09 Å². The molecule has 5 aromatic rings. The molecule has 0 amide bonds. The lowest BCUT2D eigenvalue weighted by atomic mass is 10.1. The van der Waals surface area contributed by atoms with Crippen molar-refractivity contribution in [2.45, 2.75) is 19.9 Å². The van der Waals surface area contributed by atoms with E-state index in [1.54, 1.807) is 38.9 Å². The SMILES string of the molecule is CCc1ccc(-c2noc(Cn3ccn4nc(-c5cccs5)cc4c3=O)n2)cc1. The van der Waals surface area contributed by atoms with Crippen molar-refractivity contribution in [2.24, 2.45) is 0 Å². The molecule has 144 valence electrons. The first-order valence-corrected chi connectivity index (χ1v) is 10.1. The summed E-state index contributed by atoms with van der Waals surface area (Å²) in [6.07, 6.45) is 4.42. The van der Waals surface area contributed by atoms with E-state index in [9.17, 15) is 4.79 Å². The van der Waals surface area contributed by atoms with E-state index >= 15 is 0 Å². The quantitative estimate of drug-likeness (QED) is 0.445. The molecule has 0 unspecified atom stereocenters. The average Bonchev–Trinajstić information content (AvgIpc) is 3.50. The van der Waals surface area contributed by atoms with Gasteiger partial charge in [0, 0.05) is 18.0 Å². The summed E-state index contributed by atoms with van der Waals surface area (Å²) in [5.41, 5.74) is 3.27. The zero-order chi connectivity index (χ0) is 19.8. The van der Waals surface area contributed by atoms with Gasteiger partial charge in [0.05, 0.1) is 4.88 Å². The molecule has 0 N–H and O–H groups in total. The zero-order valence-electron chi connectivity index (χ0n) is 15.6. The minimum atomic E-state index is -0.158. The van der Waals surface area contributed by atoms with Gasteiger partial charge in [0.25, 0.3) is 5.56 Å². The van der Waals surface area contributed by atoms with Crippen LogP contribution in [0.15, 0.2) is 69.6 Å². The van der Waals surface area contributed by atoms with Crippen LogP contribution in [0.3, 0.4) is 0 Å². The topological polar surface area (TPSA) is 78.2 Å². The maximum atomic E-state index is 12.9. The monoisotopic (exact) mass is 403 g/mol. The first-order chi connectivity index (χ1) is 14.2. The molecule has 0 aliphatic carbocycles. The third kappa shape index (κ3) is 3.27. The molecule has 7 nitrogen and oxygen atoms in total. The Kier molecular flexibility index (Phi) is 4.33. The fourth-order valence-corrected chi connectivity index (χ4v) is 3.85. The van der Waals surface area contributed by atoms with Gasteiger partial charge in [0.2, 0.25) is 11.7 Å². The number of hydrogen-bond donors (Lipinski definition) is 0. The second-order valence-corrected chi connectivity index (χ2v) is 7.58. The number of hydrogen-bond acceptors (Lipinski definition) is 6. The molecule has 0 radical (unpaired) electrons. The Morgan fingerprint density at radius 3 is 2.76 bits per heavy atom. The predicted molar refractivity (Wildman–Crippen MR) is 111 cm³/mol. The summed E-state index contributed by atoms with van der Waals surface area (Å²) in [5, 5.41) is 10.5. The van der Waals surface area contributed by atoms with Crippen LogP contribution in [0.25, 0.3) is 27.5 Å². The van der Waals surface area contributed by atoms with E-state index in [1.165, 1.54) is 5.56 Å². The molecule has 0 atom stereocenters. The second kappa shape index (κ2) is 7.14. The summed E-state index contributed by atoms with van der Waals surface area (Å²) in [4.78, 5) is 18.3. The summed E-state index contributed by atoms with van der Waals surface area (Å²) < 4.78 is 8.52. The van der Waals surface area contributed by atoms with E-state index in [1.807, 2.05) is 29.6 Å². The minimum Gasteiger partial charge on any atom is -0.337 e. The molecule has 8 heteroatoms. The van der Waals surface area contributed by atoms with Crippen LogP contribution in [-0.4, -0.2) is 24.3 Å². The van der Waals surface area contributed by atoms with E-state index in [2.05, 4.69) is 34.3 Å². The summed E-state index contributed by atoms with van der Waals surface area (Å²) in [5.74, 6) is 0.894. The van der Waals surface area contributed by atoms with Crippen molar-refractivity contribution in [1.29, 1.82) is 0 Å². The molecule has 29 heavy (non-hydrogen) atoms. The van der Waals surface area contributed by atoms with Gasteiger partial charge in [-0.2, -0.15) is 10.1 Å². The fourth-order valence-electron chi connectivity index (χ4n) is 3.17. The molecule has 0 aliphatic heterocycles. The molecule has 1 aromatic carbocycles. The summed E-state index contributed by atoms with van der Waals surface area (Å²) in [6, 6.07) is 13.8. The van der Waals surface area contributed by atoms with Crippen molar-refractivity contribution in [2.75, 3.05) is 0 Å². The van der Waals surface area contributed by atoms with Gasteiger partial charge in [-0.3, -0.25) is 4.79 Å². The van der Waals surface area contributed by atoms with Crippen LogP contribution in [0, 0.1) is 0 Å². The summed E-state index contributed by atoms with van der Waals surface area (Å²) >= 11 is 1.59. The van der Waals surface area contributed by atoms with Crippen LogP contribution in [0.1, 0.15) is 18.4 Å². The second-order valence-electron chi connectivity index (χ2n) is 6.63. The van der Waals surface area contributed by atoms with Crippen LogP contribution >= 0.6 is 11.3 Å². The molecular formula is C21H17N5O2S. The van der Waals surface area contributed by atoms with E-state index in [0.717, 1.165) is 22.6 Å². The van der Waals surface area contributed by atoms with Gasteiger partial charge >= 0.3 is 0 Å². The fraction of sp³-hybridized carbons (Fsp3) is 0.143. The zero-order valence-corrected chi connectivity index (χ0v) is 16.5. The lowest BCUT2D eigenvalue weighted by molar-refractivity contribution is 0.370. The Bertz CT molecular complexity index is 1330. The highest BCUT2D eigenvalue weighted by Gasteiger charge is 2.13. The Morgan fingerprint density at radius 1 is 1.14 bits per heavy atom. The van der Waals surface area contributed by atoms with Crippen molar-refractivity contribution in [3.8, 4) is 22.0 Å². The van der Waals surface area contributed by atoms with Gasteiger partial charge in [0.1, 0.15) is 17.8 Å². The average molecular weight is 403 g/mol. The van der Waals surface area contributed by atoms with Gasteiger partial charge in [-0.1, -0.05) is 42.4 Å². The highest BCUT2D eigenvalue weighted by Crippen LogP contribution is 2.23. The van der Waals surface area contributed by atoms with Gasteiger partial charge in [-0.15, -0.1) is 11.3 Å². The first-order valence-electron chi connectivity index (χ1n) is 9.26. The van der Waals surface area contributed by atoms with Gasteiger partial charge in [0.15, 0.2) is 0 Å². The third-order valence-electron chi connectivity index (χ3n) is 4.77. The van der Waals surface area contributed by atoms with Gasteiger partial charge in [-0.05, 0) is 29.5 Å². The lowest BCUT2D eigenvalue weighted by Gasteiger charge is -2.02. The minimum absolute atomic E-state index is 0.158. The maximum Gasteiger partial charge on any atom is 0.277 e. The molecule has 0 saturated heterocycles. The molecule has 5 rings (SSSR count). The van der Waals surface area contributed by atoms with Crippen LogP contribution in [0.4, 0.5) is 0 Å². The van der Waals surface area contributed by atoms with Crippen molar-refractivity contribution >= 4 is 16.9 Å². The molecular weight excluding hydrogens is 386 g/mol. The molecule has 4 aromatic heterocycles. The Hall–Kier alpha value is -3.52. The van der Waals surface area contributed by atoms with E-state index in [-0.39, 0.29) is 12.1 Å². The summed E-state index contributed by atoms with van der Waals surface area (Å²) in [7, 11) is 0. The van der Waals surface area contributed by atoms with Crippen LogP contribution in [0.2, 0.25) is 0 Å². The van der Waals surface area contributed by atoms with Crippen LogP contribution < -0.4 is 5.56 Å². The van der Waals surface area contributed by atoms with Crippen LogP contribution in [0.5, 0.6) is 0 Å². The molecule has 4 heterocycles. The maximum absolute atomic E-state index is 12.9. The number of thiophene rings is 1. The molecule has 0 aliphatic rings. The van der Waals surface area contributed by atoms with E-state index in [0.29, 0.717) is 17.2 Å². The number of benzene rings is 1. The number of rotatable bonds is 5. The highest BCUT2D eigenvalue weighted by atomic mass is 32.1. The summed E-state index contributed by atoms with van der Waals surface area (Å²) in [6.45, 7) is 2.31. The van der Waals surface area contributed by atoms with E-state index in [4.69, 9.17) is 4.52 Å². The van der Waals surface area contributed by atoms with Crippen molar-refractivity contribution in [1.82, 2.24) is 24.3 Å². The normalized spacial score (nSPS) is 11.3. The standard InChI is InChI=1S/C21H17N5O2S/c1-2-14-5-7-15(8-6-14)20-22-19(28-24-20)13-25-9-10-26-17(21(25)27)12-16(23-26)18-4-3-11-29-18/h3-12H,2,13H2,1H3. The highest BCUT2D eigenvalue weighted by molar-refractivity contribution is 7.13. The van der Waals surface area contributed by atoms with Crippen LogP contribution in [-0.2, 0) is 13.0 Å². The largest absolute Gasteiger partial charge is 0.337 e. The van der Waals surface area contributed by atoms with Crippen molar-refractivity contribution < 1.29 is 4.52 Å².